The van der Waals surface area contributed by atoms with Crippen LogP contribution in [0.5, 0.6) is 5.75 Å². The Kier molecular flexibility index (Phi) is 2.18. The van der Waals surface area contributed by atoms with E-state index in [1.807, 2.05) is 13.0 Å². The molecule has 1 atom stereocenters. The molecule has 0 bridgehead atoms. The zero-order chi connectivity index (χ0) is 9.42. The van der Waals surface area contributed by atoms with Gasteiger partial charge in [0, 0.05) is 12.0 Å². The second-order valence-electron chi connectivity index (χ2n) is 3.26. The molecular weight excluding hydrogens is 188 g/mol. The van der Waals surface area contributed by atoms with Crippen molar-refractivity contribution < 1.29 is 9.84 Å². The molecule has 0 aromatic heterocycles. The Hall–Kier alpha value is -0.730. The molecule has 0 unspecified atom stereocenters. The van der Waals surface area contributed by atoms with E-state index in [4.69, 9.17) is 16.3 Å². The summed E-state index contributed by atoms with van der Waals surface area (Å²) in [5.74, 6) is 0.653. The van der Waals surface area contributed by atoms with Crippen LogP contribution in [0.15, 0.2) is 12.1 Å². The largest absolute Gasteiger partial charge is 0.492 e. The van der Waals surface area contributed by atoms with Gasteiger partial charge in [-0.3, -0.25) is 0 Å². The van der Waals surface area contributed by atoms with Crippen LogP contribution in [0.1, 0.15) is 23.7 Å². The van der Waals surface area contributed by atoms with Crippen molar-refractivity contribution in [3.05, 3.63) is 28.3 Å². The van der Waals surface area contributed by atoms with Gasteiger partial charge in [0.05, 0.1) is 17.7 Å². The lowest BCUT2D eigenvalue weighted by Gasteiger charge is -2.24. The van der Waals surface area contributed by atoms with Gasteiger partial charge in [0.25, 0.3) is 0 Å². The van der Waals surface area contributed by atoms with E-state index in [0.717, 1.165) is 11.1 Å². The molecule has 1 aromatic carbocycles. The van der Waals surface area contributed by atoms with E-state index in [-0.39, 0.29) is 0 Å². The summed E-state index contributed by atoms with van der Waals surface area (Å²) in [5.41, 5.74) is 1.88. The lowest BCUT2D eigenvalue weighted by molar-refractivity contribution is 0.114. The zero-order valence-electron chi connectivity index (χ0n) is 7.38. The Bertz CT molecular complexity index is 336. The number of hydrogen-bond donors (Lipinski definition) is 1. The Labute approximate surface area is 82.1 Å². The third kappa shape index (κ3) is 1.40. The van der Waals surface area contributed by atoms with Crippen molar-refractivity contribution in [3.8, 4) is 5.75 Å². The van der Waals surface area contributed by atoms with E-state index >= 15 is 0 Å². The highest BCUT2D eigenvalue weighted by atomic mass is 35.5. The summed E-state index contributed by atoms with van der Waals surface area (Å²) >= 11 is 5.94. The number of halogens is 1. The smallest absolute Gasteiger partial charge is 0.143 e. The first kappa shape index (κ1) is 8.85. The van der Waals surface area contributed by atoms with Crippen LogP contribution in [-0.4, -0.2) is 11.7 Å². The van der Waals surface area contributed by atoms with Gasteiger partial charge in [-0.2, -0.15) is 0 Å². The summed E-state index contributed by atoms with van der Waals surface area (Å²) in [6, 6.07) is 3.70. The number of ether oxygens (including phenoxy) is 1. The van der Waals surface area contributed by atoms with Crippen LogP contribution in [-0.2, 0) is 0 Å². The standard InChI is InChI=1S/C10H11ClO2/c1-6-2-3-7(11)10-9(6)8(12)4-5-13-10/h2-3,8,12H,4-5H2,1H3/t8-/m1/s1. The monoisotopic (exact) mass is 198 g/mol. The Balaban J connectivity index is 2.60. The molecule has 2 nitrogen and oxygen atoms in total. The fraction of sp³-hybridized carbons (Fsp3) is 0.400. The van der Waals surface area contributed by atoms with Crippen molar-refractivity contribution in [1.29, 1.82) is 0 Å². The van der Waals surface area contributed by atoms with Crippen LogP contribution < -0.4 is 4.74 Å². The highest BCUT2D eigenvalue weighted by Crippen LogP contribution is 2.39. The average Bonchev–Trinajstić information content (AvgIpc) is 2.12. The molecule has 0 saturated heterocycles. The summed E-state index contributed by atoms with van der Waals surface area (Å²) in [6.07, 6.45) is 0.219. The quantitative estimate of drug-likeness (QED) is 0.694. The molecule has 0 amide bonds. The SMILES string of the molecule is Cc1ccc(Cl)c2c1[C@H](O)CCO2. The van der Waals surface area contributed by atoms with Crippen LogP contribution >= 0.6 is 11.6 Å². The minimum absolute atomic E-state index is 0.428. The number of fused-ring (bicyclic) bond motifs is 1. The topological polar surface area (TPSA) is 29.5 Å². The fourth-order valence-electron chi connectivity index (χ4n) is 1.65. The van der Waals surface area contributed by atoms with Gasteiger partial charge >= 0.3 is 0 Å². The molecule has 0 spiro atoms. The summed E-state index contributed by atoms with van der Waals surface area (Å²) in [5, 5.41) is 10.3. The first-order valence-corrected chi connectivity index (χ1v) is 4.68. The highest BCUT2D eigenvalue weighted by Gasteiger charge is 2.23. The Morgan fingerprint density at radius 2 is 2.31 bits per heavy atom. The van der Waals surface area contributed by atoms with Crippen molar-refractivity contribution in [3.63, 3.8) is 0 Å². The molecule has 1 heterocycles. The Morgan fingerprint density at radius 1 is 1.54 bits per heavy atom. The summed E-state index contributed by atoms with van der Waals surface area (Å²) < 4.78 is 5.41. The van der Waals surface area contributed by atoms with Crippen LogP contribution in [0.3, 0.4) is 0 Å². The van der Waals surface area contributed by atoms with Crippen LogP contribution in [0.25, 0.3) is 0 Å². The molecule has 3 heteroatoms. The maximum absolute atomic E-state index is 9.73. The van der Waals surface area contributed by atoms with Gasteiger partial charge in [0.15, 0.2) is 0 Å². The van der Waals surface area contributed by atoms with Crippen LogP contribution in [0.2, 0.25) is 5.02 Å². The summed E-state index contributed by atoms with van der Waals surface area (Å²) in [6.45, 7) is 2.49. The third-order valence-corrected chi connectivity index (χ3v) is 2.63. The van der Waals surface area contributed by atoms with Gasteiger partial charge < -0.3 is 9.84 Å². The minimum Gasteiger partial charge on any atom is -0.492 e. The predicted molar refractivity (Wildman–Crippen MR) is 51.3 cm³/mol. The molecule has 0 radical (unpaired) electrons. The van der Waals surface area contributed by atoms with E-state index < -0.39 is 6.10 Å². The molecule has 0 aliphatic carbocycles. The second kappa shape index (κ2) is 3.20. The minimum atomic E-state index is -0.428. The molecule has 1 N–H and O–H groups in total. The van der Waals surface area contributed by atoms with Crippen molar-refractivity contribution in [2.45, 2.75) is 19.4 Å². The zero-order valence-corrected chi connectivity index (χ0v) is 8.14. The van der Waals surface area contributed by atoms with Gasteiger partial charge in [0.1, 0.15) is 5.75 Å². The number of aryl methyl sites for hydroxylation is 1. The fourth-order valence-corrected chi connectivity index (χ4v) is 1.87. The summed E-state index contributed by atoms with van der Waals surface area (Å²) in [4.78, 5) is 0. The molecule has 70 valence electrons. The van der Waals surface area contributed by atoms with Gasteiger partial charge in [-0.05, 0) is 18.6 Å². The second-order valence-corrected chi connectivity index (χ2v) is 3.67. The van der Waals surface area contributed by atoms with E-state index in [0.29, 0.717) is 23.8 Å². The van der Waals surface area contributed by atoms with Gasteiger partial charge in [0.2, 0.25) is 0 Å². The van der Waals surface area contributed by atoms with E-state index in [2.05, 4.69) is 0 Å². The van der Waals surface area contributed by atoms with Gasteiger partial charge in [-0.1, -0.05) is 17.7 Å². The number of aliphatic hydroxyl groups is 1. The molecule has 1 aromatic rings. The first-order chi connectivity index (χ1) is 6.20. The molecule has 0 fully saturated rings. The van der Waals surface area contributed by atoms with Gasteiger partial charge in [-0.15, -0.1) is 0 Å². The normalized spacial score (nSPS) is 20.7. The van der Waals surface area contributed by atoms with Gasteiger partial charge in [-0.25, -0.2) is 0 Å². The van der Waals surface area contributed by atoms with E-state index in [1.165, 1.54) is 0 Å². The molecule has 13 heavy (non-hydrogen) atoms. The third-order valence-electron chi connectivity index (χ3n) is 2.34. The molecule has 0 saturated carbocycles. The average molecular weight is 199 g/mol. The molecule has 2 rings (SSSR count). The molecule has 1 aliphatic heterocycles. The van der Waals surface area contributed by atoms with Crippen molar-refractivity contribution in [2.75, 3.05) is 6.61 Å². The van der Waals surface area contributed by atoms with E-state index in [9.17, 15) is 5.11 Å². The Morgan fingerprint density at radius 3 is 3.00 bits per heavy atom. The van der Waals surface area contributed by atoms with Crippen LogP contribution in [0, 0.1) is 6.92 Å². The molecular formula is C10H11ClO2. The first-order valence-electron chi connectivity index (χ1n) is 4.30. The predicted octanol–water partition coefficient (Wildman–Crippen LogP) is 2.46. The van der Waals surface area contributed by atoms with Crippen molar-refractivity contribution >= 4 is 11.6 Å². The summed E-state index contributed by atoms with van der Waals surface area (Å²) in [7, 11) is 0. The lowest BCUT2D eigenvalue weighted by Crippen LogP contribution is -2.15. The van der Waals surface area contributed by atoms with Crippen molar-refractivity contribution in [1.82, 2.24) is 0 Å². The number of hydrogen-bond acceptors (Lipinski definition) is 2. The number of rotatable bonds is 0. The lowest BCUT2D eigenvalue weighted by atomic mass is 9.98. The molecule has 1 aliphatic rings. The van der Waals surface area contributed by atoms with Crippen LogP contribution in [0.4, 0.5) is 0 Å². The maximum Gasteiger partial charge on any atom is 0.143 e. The maximum atomic E-state index is 9.73. The number of benzene rings is 1. The van der Waals surface area contributed by atoms with E-state index in [1.54, 1.807) is 6.07 Å². The number of aliphatic hydroxyl groups excluding tert-OH is 1. The highest BCUT2D eigenvalue weighted by molar-refractivity contribution is 6.32. The van der Waals surface area contributed by atoms with Crippen molar-refractivity contribution in [2.24, 2.45) is 0 Å².